The van der Waals surface area contributed by atoms with E-state index in [9.17, 15) is 4.79 Å². The van der Waals surface area contributed by atoms with Gasteiger partial charge in [0.05, 0.1) is 25.4 Å². The Labute approximate surface area is 114 Å². The van der Waals surface area contributed by atoms with E-state index in [1.807, 2.05) is 30.9 Å². The van der Waals surface area contributed by atoms with Crippen molar-refractivity contribution in [3.63, 3.8) is 0 Å². The third-order valence-corrected chi connectivity index (χ3v) is 3.03. The number of hydrogen-bond donors (Lipinski definition) is 0. The third-order valence-electron chi connectivity index (χ3n) is 3.03. The summed E-state index contributed by atoms with van der Waals surface area (Å²) in [5, 5.41) is 8.68. The van der Waals surface area contributed by atoms with Crippen LogP contribution in [0.25, 0.3) is 0 Å². The van der Waals surface area contributed by atoms with Crippen LogP contribution in [0.1, 0.15) is 26.0 Å². The molecule has 1 rings (SSSR count). The molecule has 1 aromatic rings. The highest BCUT2D eigenvalue weighted by Gasteiger charge is 2.17. The first kappa shape index (κ1) is 15.3. The van der Waals surface area contributed by atoms with E-state index in [-0.39, 0.29) is 11.9 Å². The lowest BCUT2D eigenvalue weighted by atomic mass is 10.3. The highest BCUT2D eigenvalue weighted by Crippen LogP contribution is 2.07. The van der Waals surface area contributed by atoms with Gasteiger partial charge in [-0.1, -0.05) is 0 Å². The fourth-order valence-corrected chi connectivity index (χ4v) is 1.64. The summed E-state index contributed by atoms with van der Waals surface area (Å²) in [6.07, 6.45) is 2.01. The Hall–Kier alpha value is -1.80. The lowest BCUT2D eigenvalue weighted by Gasteiger charge is -2.26. The van der Waals surface area contributed by atoms with Crippen LogP contribution < -0.4 is 0 Å². The van der Waals surface area contributed by atoms with Crippen molar-refractivity contribution in [2.24, 2.45) is 0 Å². The van der Waals surface area contributed by atoms with Crippen molar-refractivity contribution in [2.75, 3.05) is 20.1 Å². The molecule has 0 aliphatic carbocycles. The first-order valence-corrected chi connectivity index (χ1v) is 6.42. The molecule has 5 heteroatoms. The van der Waals surface area contributed by atoms with Crippen LogP contribution >= 0.6 is 0 Å². The molecule has 0 atom stereocenters. The van der Waals surface area contributed by atoms with Crippen molar-refractivity contribution in [3.8, 4) is 6.07 Å². The van der Waals surface area contributed by atoms with Crippen LogP contribution in [0.15, 0.2) is 22.8 Å². The van der Waals surface area contributed by atoms with E-state index in [1.165, 1.54) is 0 Å². The summed E-state index contributed by atoms with van der Waals surface area (Å²) in [6.45, 7) is 5.37. The second kappa shape index (κ2) is 7.59. The molecule has 0 aromatic carbocycles. The van der Waals surface area contributed by atoms with Gasteiger partial charge in [-0.2, -0.15) is 5.26 Å². The Balaban J connectivity index is 2.59. The summed E-state index contributed by atoms with van der Waals surface area (Å²) in [5.74, 6) is 0.859. The maximum Gasteiger partial charge on any atom is 0.236 e. The van der Waals surface area contributed by atoms with Crippen LogP contribution in [-0.4, -0.2) is 41.9 Å². The van der Waals surface area contributed by atoms with E-state index in [1.54, 1.807) is 18.2 Å². The van der Waals surface area contributed by atoms with Crippen LogP contribution in [0.4, 0.5) is 0 Å². The van der Waals surface area contributed by atoms with E-state index in [4.69, 9.17) is 9.68 Å². The van der Waals surface area contributed by atoms with Gasteiger partial charge in [0.1, 0.15) is 5.76 Å². The van der Waals surface area contributed by atoms with Crippen molar-refractivity contribution < 1.29 is 9.21 Å². The molecule has 104 valence electrons. The second-order valence-electron chi connectivity index (χ2n) is 4.80. The van der Waals surface area contributed by atoms with Gasteiger partial charge >= 0.3 is 0 Å². The minimum absolute atomic E-state index is 0.0551. The van der Waals surface area contributed by atoms with E-state index in [0.29, 0.717) is 26.1 Å². The number of rotatable bonds is 7. The molecule has 0 saturated heterocycles. The first-order valence-electron chi connectivity index (χ1n) is 6.42. The van der Waals surface area contributed by atoms with Crippen LogP contribution in [0.3, 0.4) is 0 Å². The zero-order valence-corrected chi connectivity index (χ0v) is 11.8. The lowest BCUT2D eigenvalue weighted by molar-refractivity contribution is -0.132. The highest BCUT2D eigenvalue weighted by atomic mass is 16.3. The van der Waals surface area contributed by atoms with Gasteiger partial charge in [0.15, 0.2) is 0 Å². The first-order chi connectivity index (χ1) is 9.04. The summed E-state index contributed by atoms with van der Waals surface area (Å²) < 4.78 is 5.28. The van der Waals surface area contributed by atoms with Crippen LogP contribution in [0.2, 0.25) is 0 Å². The zero-order valence-electron chi connectivity index (χ0n) is 11.8. The van der Waals surface area contributed by atoms with Crippen molar-refractivity contribution in [1.29, 1.82) is 5.26 Å². The van der Waals surface area contributed by atoms with Crippen LogP contribution in [0.5, 0.6) is 0 Å². The molecule has 0 aliphatic heterocycles. The Morgan fingerprint density at radius 2 is 2.26 bits per heavy atom. The number of likely N-dealkylation sites (N-methyl/N-ethyl adjacent to an activating group) is 1. The van der Waals surface area contributed by atoms with E-state index in [0.717, 1.165) is 5.76 Å². The Kier molecular flexibility index (Phi) is 6.10. The van der Waals surface area contributed by atoms with Gasteiger partial charge in [0.2, 0.25) is 5.91 Å². The topological polar surface area (TPSA) is 60.5 Å². The summed E-state index contributed by atoms with van der Waals surface area (Å²) in [5.41, 5.74) is 0. The van der Waals surface area contributed by atoms with Gasteiger partial charge in [-0.15, -0.1) is 0 Å². The number of furan rings is 1. The quantitative estimate of drug-likeness (QED) is 0.753. The molecule has 1 amide bonds. The van der Waals surface area contributed by atoms with Crippen LogP contribution in [0, 0.1) is 11.3 Å². The lowest BCUT2D eigenvalue weighted by Crippen LogP contribution is -2.41. The average Bonchev–Trinajstić information content (AvgIpc) is 2.87. The van der Waals surface area contributed by atoms with Gasteiger partial charge in [0, 0.05) is 26.1 Å². The smallest absolute Gasteiger partial charge is 0.236 e. The molecule has 0 saturated carbocycles. The summed E-state index contributed by atoms with van der Waals surface area (Å²) >= 11 is 0. The normalized spacial score (nSPS) is 10.7. The predicted octanol–water partition coefficient (Wildman–Crippen LogP) is 1.86. The average molecular weight is 263 g/mol. The fourth-order valence-electron chi connectivity index (χ4n) is 1.64. The molecular weight excluding hydrogens is 242 g/mol. The molecule has 19 heavy (non-hydrogen) atoms. The Morgan fingerprint density at radius 3 is 2.79 bits per heavy atom. The predicted molar refractivity (Wildman–Crippen MR) is 72.1 cm³/mol. The molecule has 0 unspecified atom stereocenters. The molecule has 5 nitrogen and oxygen atoms in total. The molecule has 0 spiro atoms. The van der Waals surface area contributed by atoms with Gasteiger partial charge in [-0.25, -0.2) is 0 Å². The third kappa shape index (κ3) is 5.14. The maximum atomic E-state index is 12.1. The van der Waals surface area contributed by atoms with Gasteiger partial charge in [-0.3, -0.25) is 9.69 Å². The van der Waals surface area contributed by atoms with Crippen molar-refractivity contribution in [3.05, 3.63) is 24.2 Å². The fraction of sp³-hybridized carbons (Fsp3) is 0.571. The summed E-state index contributed by atoms with van der Waals surface area (Å²) in [4.78, 5) is 15.7. The molecule has 0 aliphatic rings. The zero-order chi connectivity index (χ0) is 14.3. The Morgan fingerprint density at radius 1 is 1.53 bits per heavy atom. The monoisotopic (exact) mass is 263 g/mol. The highest BCUT2D eigenvalue weighted by molar-refractivity contribution is 5.78. The number of amides is 1. The number of carbonyl (C=O) groups excluding carboxylic acids is 1. The minimum atomic E-state index is 0.0551. The number of nitriles is 1. The van der Waals surface area contributed by atoms with Crippen molar-refractivity contribution in [2.45, 2.75) is 32.9 Å². The van der Waals surface area contributed by atoms with E-state index >= 15 is 0 Å². The van der Waals surface area contributed by atoms with E-state index < -0.39 is 0 Å². The van der Waals surface area contributed by atoms with Gasteiger partial charge < -0.3 is 9.32 Å². The standard InChI is InChI=1S/C14H21N3O2/c1-12(2)16(3)14(18)11-17(8-5-7-15)10-13-6-4-9-19-13/h4,6,9,12H,5,8,10-11H2,1-3H3. The summed E-state index contributed by atoms with van der Waals surface area (Å²) in [7, 11) is 1.79. The van der Waals surface area contributed by atoms with Gasteiger partial charge in [0.25, 0.3) is 0 Å². The number of carbonyl (C=O) groups is 1. The number of hydrogen-bond acceptors (Lipinski definition) is 4. The maximum absolute atomic E-state index is 12.1. The van der Waals surface area contributed by atoms with Crippen molar-refractivity contribution >= 4 is 5.91 Å². The molecule has 0 fully saturated rings. The molecular formula is C14H21N3O2. The Bertz CT molecular complexity index is 420. The van der Waals surface area contributed by atoms with Crippen LogP contribution in [-0.2, 0) is 11.3 Å². The molecule has 0 radical (unpaired) electrons. The van der Waals surface area contributed by atoms with Crippen molar-refractivity contribution in [1.82, 2.24) is 9.80 Å². The second-order valence-corrected chi connectivity index (χ2v) is 4.80. The molecule has 1 heterocycles. The molecule has 0 N–H and O–H groups in total. The van der Waals surface area contributed by atoms with Gasteiger partial charge in [-0.05, 0) is 26.0 Å². The molecule has 0 bridgehead atoms. The summed E-state index contributed by atoms with van der Waals surface area (Å²) in [6, 6.07) is 5.97. The largest absolute Gasteiger partial charge is 0.468 e. The number of nitrogens with zero attached hydrogens (tertiary/aromatic N) is 3. The SMILES string of the molecule is CC(C)N(C)C(=O)CN(CCC#N)Cc1ccco1. The molecule has 1 aromatic heterocycles. The van der Waals surface area contributed by atoms with E-state index in [2.05, 4.69) is 6.07 Å². The minimum Gasteiger partial charge on any atom is -0.468 e.